The number of carboxylic acid groups (broad SMARTS) is 1. The molecule has 268 valence electrons. The number of aromatic nitrogens is 1. The van der Waals surface area contributed by atoms with Crippen LogP contribution in [0.25, 0.3) is 0 Å². The van der Waals surface area contributed by atoms with Crippen LogP contribution in [-0.4, -0.2) is 11.0 Å². The van der Waals surface area contributed by atoms with Gasteiger partial charge in [0.15, 0.2) is 0 Å². The summed E-state index contributed by atoms with van der Waals surface area (Å²) < 4.78 is 24.4. The Morgan fingerprint density at radius 1 is 0.481 bits per heavy atom. The molecule has 0 saturated heterocycles. The quantitative estimate of drug-likeness (QED) is 0.200. The number of ether oxygens (including phenoxy) is 4. The monoisotopic (exact) mass is 727 g/mol. The minimum absolute atomic E-state index is 0. The Kier molecular flexibility index (Phi) is 11.8. The Hall–Kier alpha value is -5.08. The first-order valence-corrected chi connectivity index (χ1v) is 17.8. The molecule has 7 aliphatic rings. The molecule has 8 heterocycles. The maximum Gasteiger partial charge on any atom is 1.00 e. The van der Waals surface area contributed by atoms with Gasteiger partial charge in [-0.25, -0.2) is 0 Å². The third-order valence-electron chi connectivity index (χ3n) is 10.2. The summed E-state index contributed by atoms with van der Waals surface area (Å²) in [5.41, 5.74) is 6.64. The first-order valence-electron chi connectivity index (χ1n) is 17.8. The second-order valence-electron chi connectivity index (χ2n) is 14.4. The molecule has 0 N–H and O–H groups in total. The zero-order chi connectivity index (χ0) is 37.0. The van der Waals surface area contributed by atoms with Gasteiger partial charge in [-0.05, 0) is 94.0 Å². The fourth-order valence-corrected chi connectivity index (χ4v) is 6.69. The SMILES string of the molecule is CC1(C)c2ccc(cc2)OCc2cccc(n2)COc2ccc(cc2)C(C)(C)c2ccc(cc2)OCc2cccc(c2C(=O)[O-])COc2ccc1cc2.[Na+]. The van der Waals surface area contributed by atoms with Crippen molar-refractivity contribution in [3.63, 3.8) is 0 Å². The van der Waals surface area contributed by atoms with E-state index in [0.717, 1.165) is 45.1 Å². The summed E-state index contributed by atoms with van der Waals surface area (Å²) in [6.45, 7) is 9.50. The number of pyridine rings is 1. The fourth-order valence-electron chi connectivity index (χ4n) is 6.69. The van der Waals surface area contributed by atoms with E-state index in [1.165, 1.54) is 0 Å². The molecular formula is C46H42NNaO6. The van der Waals surface area contributed by atoms with Crippen LogP contribution < -0.4 is 53.6 Å². The minimum Gasteiger partial charge on any atom is -0.545 e. The van der Waals surface area contributed by atoms with Crippen molar-refractivity contribution in [2.75, 3.05) is 0 Å². The Bertz CT molecular complexity index is 2050. The molecule has 0 unspecified atom stereocenters. The molecule has 54 heavy (non-hydrogen) atoms. The molecule has 0 saturated carbocycles. The van der Waals surface area contributed by atoms with Gasteiger partial charge in [-0.15, -0.1) is 0 Å². The Morgan fingerprint density at radius 2 is 0.778 bits per heavy atom. The van der Waals surface area contributed by atoms with Gasteiger partial charge in [0.1, 0.15) is 49.4 Å². The van der Waals surface area contributed by atoms with Crippen LogP contribution in [0.3, 0.4) is 0 Å². The van der Waals surface area contributed by atoms with Crippen LogP contribution in [0.5, 0.6) is 23.0 Å². The van der Waals surface area contributed by atoms with Crippen molar-refractivity contribution in [1.82, 2.24) is 4.98 Å². The number of carboxylic acids is 1. The van der Waals surface area contributed by atoms with Crippen molar-refractivity contribution in [2.24, 2.45) is 0 Å². The third kappa shape index (κ3) is 8.65. The van der Waals surface area contributed by atoms with E-state index >= 15 is 0 Å². The van der Waals surface area contributed by atoms with Crippen molar-refractivity contribution < 1.29 is 58.4 Å². The van der Waals surface area contributed by atoms with Crippen molar-refractivity contribution in [2.45, 2.75) is 65.0 Å². The van der Waals surface area contributed by atoms with E-state index in [-0.39, 0.29) is 59.2 Å². The van der Waals surface area contributed by atoms with Gasteiger partial charge < -0.3 is 28.8 Å². The molecule has 7 aliphatic heterocycles. The summed E-state index contributed by atoms with van der Waals surface area (Å²) in [5, 5.41) is 12.4. The van der Waals surface area contributed by atoms with Crippen molar-refractivity contribution >= 4 is 5.97 Å². The Labute approximate surface area is 339 Å². The van der Waals surface area contributed by atoms with E-state index in [4.69, 9.17) is 23.9 Å². The summed E-state index contributed by atoms with van der Waals surface area (Å²) in [6, 6.07) is 43.3. The van der Waals surface area contributed by atoms with Gasteiger partial charge in [0.25, 0.3) is 0 Å². The zero-order valence-corrected chi connectivity index (χ0v) is 33.4. The second-order valence-corrected chi connectivity index (χ2v) is 14.4. The van der Waals surface area contributed by atoms with E-state index in [1.807, 2.05) is 97.1 Å². The standard InChI is InChI=1S/C46H43NO6.Na/c1-45(2)33-11-19-39(20-12-33)50-27-31-7-5-8-32(43(31)44(48)49)28-51-40-21-13-34(14-22-40)46(3,4)36-17-25-42(26-18-36)53-30-38-10-6-9-37(47-38)29-52-41-23-15-35(45)16-24-41;/h5-26H,27-30H2,1-4H3,(H,48,49);/q;+1/p-1. The van der Waals surface area contributed by atoms with Gasteiger partial charge in [-0.3, -0.25) is 4.98 Å². The molecule has 13 rings (SSSR count). The van der Waals surface area contributed by atoms with Crippen LogP contribution in [-0.2, 0) is 37.3 Å². The molecule has 7 nitrogen and oxygen atoms in total. The molecular weight excluding hydrogens is 685 g/mol. The van der Waals surface area contributed by atoms with E-state index in [0.29, 0.717) is 35.8 Å². The summed E-state index contributed by atoms with van der Waals surface area (Å²) in [4.78, 5) is 17.1. The molecule has 0 radical (unpaired) electrons. The number of hydrogen-bond donors (Lipinski definition) is 0. The number of carbonyl (C=O) groups excluding carboxylic acids is 1. The molecule has 0 atom stereocenters. The molecule has 6 aromatic rings. The minimum atomic E-state index is -1.27. The summed E-state index contributed by atoms with van der Waals surface area (Å²) in [5.74, 6) is 1.51. The number of nitrogens with zero attached hydrogens (tertiary/aromatic N) is 1. The van der Waals surface area contributed by atoms with Gasteiger partial charge in [0.05, 0.1) is 17.4 Å². The van der Waals surface area contributed by atoms with Crippen molar-refractivity contribution in [3.05, 3.63) is 184 Å². The molecule has 0 aliphatic carbocycles. The first-order chi connectivity index (χ1) is 25.6. The average Bonchev–Trinajstić information content (AvgIpc) is 3.18. The van der Waals surface area contributed by atoms with E-state index in [1.54, 1.807) is 12.1 Å². The number of rotatable bonds is 1. The number of hydrogen-bond acceptors (Lipinski definition) is 7. The maximum absolute atomic E-state index is 12.4. The van der Waals surface area contributed by atoms with Gasteiger partial charge in [-0.2, -0.15) is 0 Å². The van der Waals surface area contributed by atoms with Gasteiger partial charge in [0.2, 0.25) is 0 Å². The molecule has 0 amide bonds. The number of benzene rings is 5. The number of aromatic carboxylic acids is 1. The van der Waals surface area contributed by atoms with E-state index in [2.05, 4.69) is 52.0 Å². The van der Waals surface area contributed by atoms with Gasteiger partial charge in [-0.1, -0.05) is 100 Å². The van der Waals surface area contributed by atoms with Crippen LogP contribution >= 0.6 is 0 Å². The number of carbonyl (C=O) groups is 1. The van der Waals surface area contributed by atoms with E-state index in [9.17, 15) is 9.90 Å². The predicted molar refractivity (Wildman–Crippen MR) is 202 cm³/mol. The normalized spacial score (nSPS) is 14.9. The van der Waals surface area contributed by atoms with Crippen LogP contribution in [0.4, 0.5) is 0 Å². The molecule has 1 aromatic heterocycles. The smallest absolute Gasteiger partial charge is 0.545 e. The molecule has 0 fully saturated rings. The van der Waals surface area contributed by atoms with Crippen LogP contribution in [0.15, 0.2) is 133 Å². The summed E-state index contributed by atoms with van der Waals surface area (Å²) >= 11 is 0. The molecule has 0 spiro atoms. The molecule has 12 bridgehead atoms. The molecule has 8 heteroatoms. The molecule has 5 aromatic carbocycles. The fraction of sp³-hybridized carbons (Fsp3) is 0.217. The predicted octanol–water partition coefficient (Wildman–Crippen LogP) is 5.73. The van der Waals surface area contributed by atoms with E-state index < -0.39 is 5.97 Å². The maximum atomic E-state index is 12.4. The van der Waals surface area contributed by atoms with Gasteiger partial charge in [0, 0.05) is 16.4 Å². The van der Waals surface area contributed by atoms with Crippen molar-refractivity contribution in [3.8, 4) is 23.0 Å². The second kappa shape index (κ2) is 16.5. The largest absolute Gasteiger partial charge is 1.00 e. The topological polar surface area (TPSA) is 89.9 Å². The Balaban J connectivity index is 0.00000497. The summed E-state index contributed by atoms with van der Waals surface area (Å²) in [6.07, 6.45) is 0. The van der Waals surface area contributed by atoms with Crippen LogP contribution in [0, 0.1) is 0 Å². The zero-order valence-electron chi connectivity index (χ0n) is 31.4. The average molecular weight is 728 g/mol. The third-order valence-corrected chi connectivity index (χ3v) is 10.2. The Morgan fingerprint density at radius 3 is 1.09 bits per heavy atom. The van der Waals surface area contributed by atoms with Crippen LogP contribution in [0.1, 0.15) is 82.8 Å². The van der Waals surface area contributed by atoms with Crippen LogP contribution in [0.2, 0.25) is 0 Å². The summed E-state index contributed by atoms with van der Waals surface area (Å²) in [7, 11) is 0. The first kappa shape index (κ1) is 38.6. The van der Waals surface area contributed by atoms with Crippen molar-refractivity contribution in [1.29, 1.82) is 0 Å². The van der Waals surface area contributed by atoms with Gasteiger partial charge >= 0.3 is 29.6 Å².